The lowest BCUT2D eigenvalue weighted by Crippen LogP contribution is -2.13. The predicted molar refractivity (Wildman–Crippen MR) is 135 cm³/mol. The van der Waals surface area contributed by atoms with Crippen LogP contribution in [0.15, 0.2) is 97.1 Å². The van der Waals surface area contributed by atoms with Gasteiger partial charge in [0.1, 0.15) is 22.9 Å². The molecule has 0 spiro atoms. The summed E-state index contributed by atoms with van der Waals surface area (Å²) >= 11 is 0. The lowest BCUT2D eigenvalue weighted by atomic mass is 10.00. The van der Waals surface area contributed by atoms with Gasteiger partial charge in [-0.3, -0.25) is 0 Å². The van der Waals surface area contributed by atoms with E-state index >= 15 is 0 Å². The van der Waals surface area contributed by atoms with Gasteiger partial charge in [0, 0.05) is 0 Å². The fourth-order valence-corrected chi connectivity index (χ4v) is 5.92. The van der Waals surface area contributed by atoms with E-state index in [1.165, 1.54) is 6.42 Å². The van der Waals surface area contributed by atoms with E-state index in [-0.39, 0.29) is 0 Å². The van der Waals surface area contributed by atoms with Crippen molar-refractivity contribution in [2.45, 2.75) is 44.7 Å². The van der Waals surface area contributed by atoms with E-state index in [1.807, 2.05) is 60.7 Å². The monoisotopic (exact) mass is 464 g/mol. The van der Waals surface area contributed by atoms with Crippen LogP contribution >= 0.6 is 7.60 Å². The molecular formula is C28H33O4P. The molecule has 3 aromatic carbocycles. The Bertz CT molecular complexity index is 987. The lowest BCUT2D eigenvalue weighted by molar-refractivity contribution is 0.376. The lowest BCUT2D eigenvalue weighted by Gasteiger charge is -2.29. The topological polar surface area (TPSA) is 44.8 Å². The molecule has 0 aliphatic heterocycles. The van der Waals surface area contributed by atoms with Crippen LogP contribution in [-0.2, 0) is 4.57 Å². The van der Waals surface area contributed by atoms with Crippen LogP contribution in [0.2, 0.25) is 0 Å². The quantitative estimate of drug-likeness (QED) is 0.144. The van der Waals surface area contributed by atoms with E-state index in [1.54, 1.807) is 31.4 Å². The van der Waals surface area contributed by atoms with E-state index in [2.05, 4.69) is 13.5 Å². The molecule has 1 unspecified atom stereocenters. The van der Waals surface area contributed by atoms with Crippen molar-refractivity contribution in [1.82, 2.24) is 0 Å². The van der Waals surface area contributed by atoms with E-state index < -0.39 is 13.3 Å². The highest BCUT2D eigenvalue weighted by Crippen LogP contribution is 2.63. The maximum Gasteiger partial charge on any atom is 0.442 e. The molecule has 3 aromatic rings. The molecule has 5 heteroatoms. The van der Waals surface area contributed by atoms with Gasteiger partial charge in [-0.15, -0.1) is 0 Å². The van der Waals surface area contributed by atoms with Crippen molar-refractivity contribution in [2.24, 2.45) is 0 Å². The highest BCUT2D eigenvalue weighted by atomic mass is 31.2. The first kappa shape index (κ1) is 24.7. The Kier molecular flexibility index (Phi) is 9.21. The van der Waals surface area contributed by atoms with Gasteiger partial charge < -0.3 is 13.8 Å². The molecule has 4 nitrogen and oxygen atoms in total. The summed E-state index contributed by atoms with van der Waals surface area (Å²) in [6, 6.07) is 25.9. The molecule has 0 radical (unpaired) electrons. The van der Waals surface area contributed by atoms with E-state index in [0.717, 1.165) is 42.6 Å². The fraction of sp³-hybridized carbons (Fsp3) is 0.286. The number of benzene rings is 3. The second-order valence-corrected chi connectivity index (χ2v) is 9.95. The number of methoxy groups -OCH3 is 1. The largest absolute Gasteiger partial charge is 0.497 e. The minimum Gasteiger partial charge on any atom is -0.497 e. The summed E-state index contributed by atoms with van der Waals surface area (Å²) in [5.74, 6) is 1.72. The van der Waals surface area contributed by atoms with Gasteiger partial charge in [-0.1, -0.05) is 86.9 Å². The van der Waals surface area contributed by atoms with E-state index in [4.69, 9.17) is 13.8 Å². The Morgan fingerprint density at radius 2 is 1.33 bits per heavy atom. The van der Waals surface area contributed by atoms with Crippen molar-refractivity contribution in [3.8, 4) is 17.2 Å². The van der Waals surface area contributed by atoms with Crippen LogP contribution in [0.3, 0.4) is 0 Å². The average molecular weight is 465 g/mol. The first-order valence-electron chi connectivity index (χ1n) is 11.5. The number of para-hydroxylation sites is 2. The smallest absolute Gasteiger partial charge is 0.442 e. The van der Waals surface area contributed by atoms with Gasteiger partial charge in [0.05, 0.1) is 7.11 Å². The molecule has 0 aromatic heterocycles. The molecule has 33 heavy (non-hydrogen) atoms. The van der Waals surface area contributed by atoms with E-state index in [0.29, 0.717) is 11.5 Å². The molecular weight excluding hydrogens is 431 g/mol. The zero-order valence-electron chi connectivity index (χ0n) is 19.5. The van der Waals surface area contributed by atoms with Gasteiger partial charge in [-0.05, 0) is 54.8 Å². The fourth-order valence-electron chi connectivity index (χ4n) is 3.72. The van der Waals surface area contributed by atoms with Crippen LogP contribution in [-0.4, -0.2) is 7.11 Å². The molecule has 0 aliphatic rings. The SMILES string of the molecule is C=C(CCCCCC)C(c1ccc(OC)cc1)P(=O)(Oc1ccccc1)Oc1ccccc1. The summed E-state index contributed by atoms with van der Waals surface area (Å²) < 4.78 is 32.3. The molecule has 0 amide bonds. The second-order valence-electron chi connectivity index (χ2n) is 7.99. The third-order valence-corrected chi connectivity index (χ3v) is 7.66. The van der Waals surface area contributed by atoms with Gasteiger partial charge in [0.15, 0.2) is 0 Å². The Balaban J connectivity index is 2.02. The number of unbranched alkanes of at least 4 members (excludes halogenated alkanes) is 3. The normalized spacial score (nSPS) is 12.1. The minimum atomic E-state index is -3.77. The summed E-state index contributed by atoms with van der Waals surface area (Å²) in [5, 5.41) is 0. The van der Waals surface area contributed by atoms with Crippen LogP contribution in [0, 0.1) is 0 Å². The Morgan fingerprint density at radius 1 is 0.788 bits per heavy atom. The maximum atomic E-state index is 14.6. The van der Waals surface area contributed by atoms with Gasteiger partial charge >= 0.3 is 7.60 Å². The van der Waals surface area contributed by atoms with Crippen molar-refractivity contribution in [1.29, 1.82) is 0 Å². The molecule has 0 N–H and O–H groups in total. The van der Waals surface area contributed by atoms with Crippen LogP contribution in [0.1, 0.15) is 50.3 Å². The molecule has 0 bridgehead atoms. The second kappa shape index (κ2) is 12.3. The predicted octanol–water partition coefficient (Wildman–Crippen LogP) is 8.61. The van der Waals surface area contributed by atoms with Crippen molar-refractivity contribution in [3.05, 3.63) is 103 Å². The van der Waals surface area contributed by atoms with Crippen molar-refractivity contribution in [3.63, 3.8) is 0 Å². The number of hydrogen-bond donors (Lipinski definition) is 0. The average Bonchev–Trinajstić information content (AvgIpc) is 2.83. The molecule has 0 saturated heterocycles. The summed E-state index contributed by atoms with van der Waals surface area (Å²) in [7, 11) is -2.14. The van der Waals surface area contributed by atoms with Crippen molar-refractivity contribution in [2.75, 3.05) is 7.11 Å². The third kappa shape index (κ3) is 7.00. The number of rotatable bonds is 13. The van der Waals surface area contributed by atoms with Crippen molar-refractivity contribution >= 4 is 7.60 Å². The van der Waals surface area contributed by atoms with Crippen LogP contribution in [0.4, 0.5) is 0 Å². The number of allylic oxidation sites excluding steroid dienone is 1. The van der Waals surface area contributed by atoms with E-state index in [9.17, 15) is 4.57 Å². The minimum absolute atomic E-state index is 0.494. The molecule has 3 rings (SSSR count). The van der Waals surface area contributed by atoms with Crippen LogP contribution < -0.4 is 13.8 Å². The van der Waals surface area contributed by atoms with Crippen molar-refractivity contribution < 1.29 is 18.3 Å². The summed E-state index contributed by atoms with van der Waals surface area (Å²) in [4.78, 5) is 0. The first-order chi connectivity index (χ1) is 16.1. The molecule has 0 heterocycles. The third-order valence-electron chi connectivity index (χ3n) is 5.44. The van der Waals surface area contributed by atoms with Gasteiger partial charge in [-0.2, -0.15) is 0 Å². The van der Waals surface area contributed by atoms with Crippen LogP contribution in [0.5, 0.6) is 17.2 Å². The van der Waals surface area contributed by atoms with Gasteiger partial charge in [0.2, 0.25) is 0 Å². The molecule has 174 valence electrons. The Morgan fingerprint density at radius 3 is 1.82 bits per heavy atom. The highest BCUT2D eigenvalue weighted by Gasteiger charge is 2.42. The standard InChI is InChI=1S/C28H33O4P/c1-4-5-6-9-14-23(2)28(24-19-21-25(30-3)22-20-24)33(29,31-26-15-10-7-11-16-26)32-27-17-12-8-13-18-27/h7-8,10-13,15-22,28H,2,4-6,9,14H2,1,3H3. The first-order valence-corrected chi connectivity index (χ1v) is 13.1. The molecule has 0 aliphatic carbocycles. The molecule has 1 atom stereocenters. The number of ether oxygens (including phenoxy) is 1. The molecule has 0 fully saturated rings. The highest BCUT2D eigenvalue weighted by molar-refractivity contribution is 7.55. The molecule has 0 saturated carbocycles. The summed E-state index contributed by atoms with van der Waals surface area (Å²) in [5.41, 5.74) is 1.04. The summed E-state index contributed by atoms with van der Waals surface area (Å²) in [6.07, 6.45) is 5.15. The van der Waals surface area contributed by atoms with Gasteiger partial charge in [0.25, 0.3) is 0 Å². The number of hydrogen-bond acceptors (Lipinski definition) is 4. The van der Waals surface area contributed by atoms with Crippen LogP contribution in [0.25, 0.3) is 0 Å². The maximum absolute atomic E-state index is 14.6. The zero-order valence-corrected chi connectivity index (χ0v) is 20.4. The Hall–Kier alpha value is -2.97. The zero-order chi connectivity index (χ0) is 23.5. The van der Waals surface area contributed by atoms with Gasteiger partial charge in [-0.25, -0.2) is 4.57 Å². The Labute approximate surface area is 197 Å². The summed E-state index contributed by atoms with van der Waals surface area (Å²) in [6.45, 7) is 6.54.